The molecule has 2 nitrogen and oxygen atoms in total. The van der Waals surface area contributed by atoms with Crippen molar-refractivity contribution in [3.63, 3.8) is 0 Å². The Morgan fingerprint density at radius 2 is 1.76 bits per heavy atom. The van der Waals surface area contributed by atoms with Crippen LogP contribution >= 0.6 is 0 Å². The number of carbonyl (C=O) groups is 1. The smallest absolute Gasteiger partial charge is 0.311 e. The summed E-state index contributed by atoms with van der Waals surface area (Å²) in [6, 6.07) is 8.05. The van der Waals surface area contributed by atoms with E-state index in [4.69, 9.17) is 4.74 Å². The molecule has 1 aromatic rings. The van der Waals surface area contributed by atoms with Gasteiger partial charge in [0.25, 0.3) is 0 Å². The lowest BCUT2D eigenvalue weighted by Crippen LogP contribution is -2.07. The lowest BCUT2D eigenvalue weighted by atomic mass is 9.84. The molecule has 138 valence electrons. The molecule has 1 aliphatic carbocycles. The highest BCUT2D eigenvalue weighted by molar-refractivity contribution is 5.73. The van der Waals surface area contributed by atoms with Crippen LogP contribution in [0.15, 0.2) is 30.3 Å². The number of benzene rings is 1. The van der Waals surface area contributed by atoms with Crippen LogP contribution in [0.2, 0.25) is 0 Å². The van der Waals surface area contributed by atoms with Gasteiger partial charge in [0, 0.05) is 6.42 Å². The average Bonchev–Trinajstić information content (AvgIpc) is 2.63. The summed E-state index contributed by atoms with van der Waals surface area (Å²) >= 11 is 0. The highest BCUT2D eigenvalue weighted by Crippen LogP contribution is 2.33. The fraction of sp³-hybridized carbons (Fsp3) is 0.609. The molecule has 1 unspecified atom stereocenters. The molecule has 2 heteroatoms. The summed E-state index contributed by atoms with van der Waals surface area (Å²) in [5, 5.41) is 0. The van der Waals surface area contributed by atoms with Crippen LogP contribution in [0.5, 0.6) is 5.75 Å². The molecular formula is C23H34O2. The van der Waals surface area contributed by atoms with Crippen LogP contribution in [0.1, 0.15) is 90.0 Å². The first-order valence-electron chi connectivity index (χ1n) is 10.2. The number of carbonyl (C=O) groups excluding carboxylic acids is 1. The minimum absolute atomic E-state index is 0.118. The summed E-state index contributed by atoms with van der Waals surface area (Å²) in [5.74, 6) is 1.42. The fourth-order valence-corrected chi connectivity index (χ4v) is 3.53. The first-order chi connectivity index (χ1) is 12.2. The third-order valence-electron chi connectivity index (χ3n) is 5.18. The van der Waals surface area contributed by atoms with E-state index < -0.39 is 0 Å². The van der Waals surface area contributed by atoms with Crippen LogP contribution in [-0.4, -0.2) is 5.97 Å². The Morgan fingerprint density at radius 1 is 1.04 bits per heavy atom. The van der Waals surface area contributed by atoms with E-state index in [2.05, 4.69) is 32.1 Å². The highest BCUT2D eigenvalue weighted by Gasteiger charge is 2.15. The molecule has 1 atom stereocenters. The van der Waals surface area contributed by atoms with Crippen molar-refractivity contribution in [2.45, 2.75) is 84.5 Å². The molecule has 0 heterocycles. The molecule has 1 aliphatic rings. The van der Waals surface area contributed by atoms with Gasteiger partial charge in [-0.3, -0.25) is 4.79 Å². The van der Waals surface area contributed by atoms with E-state index in [0.717, 1.165) is 25.2 Å². The predicted molar refractivity (Wildman–Crippen MR) is 106 cm³/mol. The van der Waals surface area contributed by atoms with Gasteiger partial charge < -0.3 is 4.74 Å². The Bertz CT molecular complexity index is 542. The molecule has 0 saturated carbocycles. The van der Waals surface area contributed by atoms with Gasteiger partial charge in [-0.2, -0.15) is 0 Å². The third-order valence-corrected chi connectivity index (χ3v) is 5.18. The number of unbranched alkanes of at least 4 members (excludes halogenated alkanes) is 4. The molecule has 0 bridgehead atoms. The third kappa shape index (κ3) is 7.05. The van der Waals surface area contributed by atoms with Crippen LogP contribution < -0.4 is 4.74 Å². The van der Waals surface area contributed by atoms with E-state index in [1.54, 1.807) is 0 Å². The van der Waals surface area contributed by atoms with E-state index in [9.17, 15) is 4.79 Å². The van der Waals surface area contributed by atoms with Crippen molar-refractivity contribution in [3.8, 4) is 5.75 Å². The zero-order chi connectivity index (χ0) is 17.9. The largest absolute Gasteiger partial charge is 0.427 e. The van der Waals surface area contributed by atoms with Gasteiger partial charge in [-0.1, -0.05) is 70.6 Å². The maximum atomic E-state index is 11.8. The lowest BCUT2D eigenvalue weighted by Gasteiger charge is -2.22. The minimum atomic E-state index is -0.118. The van der Waals surface area contributed by atoms with E-state index in [0.29, 0.717) is 12.2 Å². The van der Waals surface area contributed by atoms with E-state index >= 15 is 0 Å². The quantitative estimate of drug-likeness (QED) is 0.261. The van der Waals surface area contributed by atoms with Crippen molar-refractivity contribution in [2.24, 2.45) is 5.92 Å². The number of allylic oxidation sites excluding steroid dienone is 2. The number of esters is 1. The highest BCUT2D eigenvalue weighted by atomic mass is 16.5. The number of hydrogen-bond donors (Lipinski definition) is 0. The van der Waals surface area contributed by atoms with Gasteiger partial charge in [0.1, 0.15) is 5.75 Å². The first-order valence-corrected chi connectivity index (χ1v) is 10.2. The van der Waals surface area contributed by atoms with Gasteiger partial charge in [0.2, 0.25) is 0 Å². The Labute approximate surface area is 153 Å². The van der Waals surface area contributed by atoms with Crippen molar-refractivity contribution in [2.75, 3.05) is 0 Å². The zero-order valence-electron chi connectivity index (χ0n) is 16.1. The fourth-order valence-electron chi connectivity index (χ4n) is 3.53. The first kappa shape index (κ1) is 19.8. The van der Waals surface area contributed by atoms with E-state index in [-0.39, 0.29) is 5.97 Å². The maximum absolute atomic E-state index is 11.8. The maximum Gasteiger partial charge on any atom is 0.311 e. The molecule has 0 aromatic heterocycles. The van der Waals surface area contributed by atoms with Gasteiger partial charge in [0.15, 0.2) is 0 Å². The molecule has 0 spiro atoms. The SMILES string of the molecule is CCCCCC(=O)Oc1ccc(C2=CCC(CCCCC)CC2)cc1. The number of rotatable bonds is 10. The molecular weight excluding hydrogens is 308 g/mol. The monoisotopic (exact) mass is 342 g/mol. The topological polar surface area (TPSA) is 26.3 Å². The summed E-state index contributed by atoms with van der Waals surface area (Å²) < 4.78 is 5.42. The van der Waals surface area contributed by atoms with Gasteiger partial charge >= 0.3 is 5.97 Å². The Balaban J connectivity index is 1.81. The molecule has 25 heavy (non-hydrogen) atoms. The van der Waals surface area contributed by atoms with Crippen LogP contribution in [0, 0.1) is 5.92 Å². The van der Waals surface area contributed by atoms with E-state index in [1.165, 1.54) is 56.1 Å². The molecule has 0 amide bonds. The van der Waals surface area contributed by atoms with Gasteiger partial charge in [-0.15, -0.1) is 0 Å². The molecule has 2 rings (SSSR count). The summed E-state index contributed by atoms with van der Waals surface area (Å²) in [6.07, 6.45) is 15.2. The molecule has 0 fully saturated rings. The van der Waals surface area contributed by atoms with Gasteiger partial charge in [-0.25, -0.2) is 0 Å². The van der Waals surface area contributed by atoms with Crippen molar-refractivity contribution in [1.29, 1.82) is 0 Å². The minimum Gasteiger partial charge on any atom is -0.427 e. The normalized spacial score (nSPS) is 17.2. The summed E-state index contributed by atoms with van der Waals surface area (Å²) in [5.41, 5.74) is 2.73. The average molecular weight is 343 g/mol. The van der Waals surface area contributed by atoms with Crippen LogP contribution in [0.4, 0.5) is 0 Å². The second-order valence-corrected chi connectivity index (χ2v) is 7.32. The molecule has 1 aromatic carbocycles. The number of hydrogen-bond acceptors (Lipinski definition) is 2. The predicted octanol–water partition coefficient (Wildman–Crippen LogP) is 6.94. The Morgan fingerprint density at radius 3 is 2.40 bits per heavy atom. The van der Waals surface area contributed by atoms with Crippen LogP contribution in [0.25, 0.3) is 5.57 Å². The van der Waals surface area contributed by atoms with Gasteiger partial charge in [0.05, 0.1) is 0 Å². The second-order valence-electron chi connectivity index (χ2n) is 7.32. The summed E-state index contributed by atoms with van der Waals surface area (Å²) in [6.45, 7) is 4.41. The second kappa shape index (κ2) is 11.1. The van der Waals surface area contributed by atoms with Crippen molar-refractivity contribution in [1.82, 2.24) is 0 Å². The molecule has 0 radical (unpaired) electrons. The number of ether oxygens (including phenoxy) is 1. The lowest BCUT2D eigenvalue weighted by molar-refractivity contribution is -0.134. The zero-order valence-corrected chi connectivity index (χ0v) is 16.1. The molecule has 0 aliphatic heterocycles. The van der Waals surface area contributed by atoms with Crippen molar-refractivity contribution < 1.29 is 9.53 Å². The van der Waals surface area contributed by atoms with Gasteiger partial charge in [-0.05, 0) is 54.9 Å². The summed E-state index contributed by atoms with van der Waals surface area (Å²) in [4.78, 5) is 11.8. The Hall–Kier alpha value is -1.57. The van der Waals surface area contributed by atoms with E-state index in [1.807, 2.05) is 12.1 Å². The molecule has 0 N–H and O–H groups in total. The molecule has 0 saturated heterocycles. The standard InChI is InChI=1S/C23H34O2/c1-3-5-7-9-19-11-13-20(14-12-19)21-15-17-22(18-16-21)25-23(24)10-8-6-4-2/h13,15-19H,3-12,14H2,1-2H3. The van der Waals surface area contributed by atoms with Crippen LogP contribution in [0.3, 0.4) is 0 Å². The van der Waals surface area contributed by atoms with Crippen LogP contribution in [-0.2, 0) is 4.79 Å². The summed E-state index contributed by atoms with van der Waals surface area (Å²) in [7, 11) is 0. The van der Waals surface area contributed by atoms with Crippen molar-refractivity contribution >= 4 is 11.5 Å². The Kier molecular flexibility index (Phi) is 8.79. The van der Waals surface area contributed by atoms with Crippen molar-refractivity contribution in [3.05, 3.63) is 35.9 Å².